The van der Waals surface area contributed by atoms with Gasteiger partial charge < -0.3 is 44.6 Å². The molecule has 9 heteroatoms. The molecular formula is C32H33N2O7-. The quantitative estimate of drug-likeness (QED) is 0.172. The van der Waals surface area contributed by atoms with E-state index in [9.17, 15) is 15.0 Å². The molecule has 0 fully saturated rings. The van der Waals surface area contributed by atoms with Crippen LogP contribution in [0.1, 0.15) is 11.7 Å². The Morgan fingerprint density at radius 3 is 2.24 bits per heavy atom. The molecule has 41 heavy (non-hydrogen) atoms. The number of methoxy groups -OCH3 is 1. The second kappa shape index (κ2) is 14.7. The monoisotopic (exact) mass is 557 g/mol. The van der Waals surface area contributed by atoms with Gasteiger partial charge in [-0.1, -0.05) is 66.7 Å². The number of para-hydroxylation sites is 3. The van der Waals surface area contributed by atoms with Crippen molar-refractivity contribution in [2.75, 3.05) is 33.4 Å². The van der Waals surface area contributed by atoms with Crippen molar-refractivity contribution in [3.63, 3.8) is 0 Å². The van der Waals surface area contributed by atoms with Gasteiger partial charge in [-0.3, -0.25) is 0 Å². The zero-order chi connectivity index (χ0) is 29.0. The number of aromatic amines is 1. The molecule has 0 amide bonds. The summed E-state index contributed by atoms with van der Waals surface area (Å²) in [5.74, 6) is 0.703. The Morgan fingerprint density at radius 2 is 1.49 bits per heavy atom. The third-order valence-corrected chi connectivity index (χ3v) is 6.25. The minimum Gasteiger partial charge on any atom is -0.547 e. The zero-order valence-electron chi connectivity index (χ0n) is 22.7. The van der Waals surface area contributed by atoms with Crippen molar-refractivity contribution in [1.82, 2.24) is 10.3 Å². The van der Waals surface area contributed by atoms with Crippen LogP contribution in [0.2, 0.25) is 0 Å². The molecule has 0 radical (unpaired) electrons. The van der Waals surface area contributed by atoms with E-state index in [-0.39, 0.29) is 6.61 Å². The number of aliphatic hydroxyl groups excluding tert-OH is 2. The van der Waals surface area contributed by atoms with Crippen LogP contribution in [-0.2, 0) is 4.79 Å². The van der Waals surface area contributed by atoms with Gasteiger partial charge in [0.1, 0.15) is 31.2 Å². The first-order valence-corrected chi connectivity index (χ1v) is 13.2. The van der Waals surface area contributed by atoms with Gasteiger partial charge in [-0.2, -0.15) is 0 Å². The lowest BCUT2D eigenvalue weighted by Crippen LogP contribution is -2.33. The zero-order valence-corrected chi connectivity index (χ0v) is 22.7. The van der Waals surface area contributed by atoms with Crippen molar-refractivity contribution in [2.24, 2.45) is 0 Å². The molecule has 0 aliphatic heterocycles. The fourth-order valence-electron chi connectivity index (χ4n) is 4.24. The summed E-state index contributed by atoms with van der Waals surface area (Å²) in [5, 5.41) is 34.7. The molecule has 0 aliphatic rings. The lowest BCUT2D eigenvalue weighted by atomic mass is 10.1. The summed E-state index contributed by atoms with van der Waals surface area (Å²) in [4.78, 5) is 13.5. The Kier molecular flexibility index (Phi) is 10.6. The summed E-state index contributed by atoms with van der Waals surface area (Å²) in [7, 11) is 1.62. The number of aromatic nitrogens is 1. The molecule has 1 heterocycles. The van der Waals surface area contributed by atoms with Gasteiger partial charge in [0.05, 0.1) is 18.6 Å². The number of carbonyl (C=O) groups is 1. The predicted molar refractivity (Wildman–Crippen MR) is 155 cm³/mol. The highest BCUT2D eigenvalue weighted by Crippen LogP contribution is 2.33. The van der Waals surface area contributed by atoms with Gasteiger partial charge in [0.25, 0.3) is 0 Å². The number of hydrogen-bond donors (Lipinski definition) is 4. The van der Waals surface area contributed by atoms with Crippen molar-refractivity contribution < 1.29 is 34.3 Å². The van der Waals surface area contributed by atoms with E-state index in [1.165, 1.54) is 12.1 Å². The smallest absolute Gasteiger partial charge is 0.161 e. The molecule has 4 N–H and O–H groups in total. The van der Waals surface area contributed by atoms with E-state index in [4.69, 9.17) is 19.3 Å². The number of rotatable bonds is 12. The second-order valence-corrected chi connectivity index (χ2v) is 9.15. The number of fused-ring (bicyclic) bond motifs is 3. The number of hydrogen-bond acceptors (Lipinski definition) is 8. The molecule has 0 saturated heterocycles. The first-order valence-electron chi connectivity index (χ1n) is 13.2. The largest absolute Gasteiger partial charge is 0.547 e. The Labute approximate surface area is 237 Å². The van der Waals surface area contributed by atoms with E-state index in [0.717, 1.165) is 27.6 Å². The predicted octanol–water partition coefficient (Wildman–Crippen LogP) is 3.21. The number of carboxylic acids is 1. The summed E-state index contributed by atoms with van der Waals surface area (Å²) < 4.78 is 16.9. The third kappa shape index (κ3) is 7.98. The highest BCUT2D eigenvalue weighted by Gasteiger charge is 2.11. The van der Waals surface area contributed by atoms with Crippen LogP contribution in [0.15, 0.2) is 97.1 Å². The van der Waals surface area contributed by atoms with Crippen LogP contribution in [0, 0.1) is 0 Å². The summed E-state index contributed by atoms with van der Waals surface area (Å²) in [6.45, 7) is 1.70. The molecule has 2 unspecified atom stereocenters. The number of carbonyl (C=O) groups excluding carboxylic acids is 1. The summed E-state index contributed by atoms with van der Waals surface area (Å²) in [5.41, 5.74) is 2.43. The van der Waals surface area contributed by atoms with Crippen LogP contribution in [0.3, 0.4) is 0 Å². The van der Waals surface area contributed by atoms with Gasteiger partial charge in [-0.15, -0.1) is 0 Å². The first-order chi connectivity index (χ1) is 20.0. The van der Waals surface area contributed by atoms with Gasteiger partial charge in [-0.05, 0) is 35.9 Å². The maximum atomic E-state index is 10.3. The fraction of sp³-hybridized carbons (Fsp3) is 0.219. The number of ether oxygens (including phenoxy) is 3. The van der Waals surface area contributed by atoms with Crippen LogP contribution >= 0.6 is 0 Å². The normalized spacial score (nSPS) is 12.3. The molecule has 0 saturated carbocycles. The third-order valence-electron chi connectivity index (χ3n) is 6.25. The second-order valence-electron chi connectivity index (χ2n) is 9.15. The van der Waals surface area contributed by atoms with Crippen molar-refractivity contribution in [2.45, 2.75) is 12.2 Å². The topological polar surface area (TPSA) is 136 Å². The van der Waals surface area contributed by atoms with Gasteiger partial charge in [-0.25, -0.2) is 0 Å². The number of benzene rings is 4. The average molecular weight is 558 g/mol. The van der Waals surface area contributed by atoms with E-state index in [2.05, 4.69) is 16.4 Å². The Morgan fingerprint density at radius 1 is 0.829 bits per heavy atom. The lowest BCUT2D eigenvalue weighted by Gasteiger charge is -2.15. The highest BCUT2D eigenvalue weighted by atomic mass is 16.5. The lowest BCUT2D eigenvalue weighted by molar-refractivity contribution is -0.315. The van der Waals surface area contributed by atoms with E-state index >= 15 is 0 Å². The minimum atomic E-state index is -1.52. The van der Waals surface area contributed by atoms with Crippen LogP contribution < -0.4 is 24.6 Å². The molecule has 5 aromatic rings. The van der Waals surface area contributed by atoms with Crippen LogP contribution in [-0.4, -0.2) is 60.7 Å². The van der Waals surface area contributed by atoms with Crippen LogP contribution in [0.25, 0.3) is 21.8 Å². The van der Waals surface area contributed by atoms with E-state index < -0.39 is 18.2 Å². The maximum Gasteiger partial charge on any atom is 0.161 e. The number of nitrogens with one attached hydrogen (secondary N) is 2. The maximum absolute atomic E-state index is 10.3. The molecule has 5 rings (SSSR count). The van der Waals surface area contributed by atoms with E-state index in [0.29, 0.717) is 36.8 Å². The molecule has 1 aromatic heterocycles. The van der Waals surface area contributed by atoms with Gasteiger partial charge in [0.2, 0.25) is 0 Å². The van der Waals surface area contributed by atoms with E-state index in [1.807, 2.05) is 60.7 Å². The van der Waals surface area contributed by atoms with Crippen molar-refractivity contribution >= 4 is 27.8 Å². The summed E-state index contributed by atoms with van der Waals surface area (Å²) >= 11 is 0. The fourth-order valence-corrected chi connectivity index (χ4v) is 4.24. The molecule has 0 spiro atoms. The molecule has 2 atom stereocenters. The summed E-state index contributed by atoms with van der Waals surface area (Å²) in [6, 6.07) is 29.7. The van der Waals surface area contributed by atoms with Crippen molar-refractivity contribution in [3.8, 4) is 17.2 Å². The molecule has 0 bridgehead atoms. The SMILES string of the molecule is COc1ccccc1OCCNCC(O)COc1cccc2[nH]c3ccccc3c12.O=C([O-])C(O)c1ccccc1. The molecule has 4 aromatic carbocycles. The van der Waals surface area contributed by atoms with Gasteiger partial charge in [0.15, 0.2) is 11.5 Å². The van der Waals surface area contributed by atoms with Crippen molar-refractivity contribution in [3.05, 3.63) is 103 Å². The number of aliphatic carboxylic acids is 1. The first kappa shape index (κ1) is 29.4. The van der Waals surface area contributed by atoms with Crippen LogP contribution in [0.4, 0.5) is 0 Å². The Hall–Kier alpha value is -4.57. The van der Waals surface area contributed by atoms with Gasteiger partial charge in [0, 0.05) is 29.4 Å². The molecule has 0 aliphatic carbocycles. The minimum absolute atomic E-state index is 0.207. The molecule has 214 valence electrons. The highest BCUT2D eigenvalue weighted by molar-refractivity contribution is 6.10. The number of carboxylic acid groups (broad SMARTS) is 1. The van der Waals surface area contributed by atoms with Crippen molar-refractivity contribution in [1.29, 1.82) is 0 Å². The van der Waals surface area contributed by atoms with E-state index in [1.54, 1.807) is 25.3 Å². The number of aliphatic hydroxyl groups is 2. The average Bonchev–Trinajstić information content (AvgIpc) is 3.40. The van der Waals surface area contributed by atoms with Crippen LogP contribution in [0.5, 0.6) is 17.2 Å². The Balaban J connectivity index is 0.000000296. The summed E-state index contributed by atoms with van der Waals surface area (Å²) in [6.07, 6.45) is -2.15. The number of H-pyrrole nitrogens is 1. The Bertz CT molecular complexity index is 1540. The van der Waals surface area contributed by atoms with Gasteiger partial charge >= 0.3 is 0 Å². The molecule has 9 nitrogen and oxygen atoms in total. The standard InChI is InChI=1S/C24H26N2O4.C8H8O3/c1-28-21-10-4-5-11-22(21)29-14-13-25-15-17(27)16-30-23-12-6-9-20-24(23)18-7-2-3-8-19(18)26-20;9-7(8(10)11)6-4-2-1-3-5-6/h2-12,17,25-27H,13-16H2,1H3;1-5,7,9H,(H,10,11)/p-1. The molecular weight excluding hydrogens is 524 g/mol.